The van der Waals surface area contributed by atoms with E-state index in [2.05, 4.69) is 5.32 Å². The average Bonchev–Trinajstić information content (AvgIpc) is 2.95. The third-order valence-electron chi connectivity index (χ3n) is 7.43. The molecule has 8 nitrogen and oxygen atoms in total. The fourth-order valence-corrected chi connectivity index (χ4v) is 4.99. The van der Waals surface area contributed by atoms with E-state index in [1.807, 2.05) is 37.9 Å². The average molecular weight is 593 g/mol. The Kier molecular flexibility index (Phi) is 11.8. The quantitative estimate of drug-likeness (QED) is 0.406. The highest BCUT2D eigenvalue weighted by molar-refractivity contribution is 5.91. The molecule has 2 aromatic carbocycles. The number of carbonyl (C=O) groups is 2. The Morgan fingerprint density at radius 3 is 2.48 bits per heavy atom. The Morgan fingerprint density at radius 1 is 1.17 bits per heavy atom. The highest BCUT2D eigenvalue weighted by Crippen LogP contribution is 2.31. The van der Waals surface area contributed by atoms with E-state index in [1.165, 1.54) is 12.1 Å². The van der Waals surface area contributed by atoms with Crippen LogP contribution >= 0.6 is 0 Å². The predicted molar refractivity (Wildman–Crippen MR) is 156 cm³/mol. The number of hydrogen-bond acceptors (Lipinski definition) is 6. The molecule has 2 amide bonds. The molecule has 42 heavy (non-hydrogen) atoms. The predicted octanol–water partition coefficient (Wildman–Crippen LogP) is 4.27. The Bertz CT molecular complexity index is 1190. The Labute approximate surface area is 246 Å². The molecule has 0 saturated heterocycles. The van der Waals surface area contributed by atoms with Crippen LogP contribution in [0.25, 0.3) is 0 Å². The van der Waals surface area contributed by atoms with Crippen molar-refractivity contribution in [1.82, 2.24) is 14.7 Å². The maximum absolute atomic E-state index is 13.4. The number of fused-ring (bicyclic) bond motifs is 1. The van der Waals surface area contributed by atoms with E-state index >= 15 is 0 Å². The number of benzene rings is 2. The molecule has 2 aromatic rings. The second-order valence-corrected chi connectivity index (χ2v) is 11.6. The highest BCUT2D eigenvalue weighted by Gasteiger charge is 2.32. The Hall–Kier alpha value is -3.15. The van der Waals surface area contributed by atoms with Crippen LogP contribution in [0.3, 0.4) is 0 Å². The van der Waals surface area contributed by atoms with E-state index in [-0.39, 0.29) is 36.9 Å². The lowest BCUT2D eigenvalue weighted by atomic mass is 10.0. The van der Waals surface area contributed by atoms with Gasteiger partial charge in [0.05, 0.1) is 24.6 Å². The molecule has 1 heterocycles. The van der Waals surface area contributed by atoms with Crippen LogP contribution in [0.1, 0.15) is 43.4 Å². The topological polar surface area (TPSA) is 85.3 Å². The van der Waals surface area contributed by atoms with Gasteiger partial charge in [0.2, 0.25) is 11.8 Å². The number of ether oxygens (including phenoxy) is 1. The summed E-state index contributed by atoms with van der Waals surface area (Å²) in [6.07, 6.45) is -3.61. The Balaban J connectivity index is 1.81. The van der Waals surface area contributed by atoms with Gasteiger partial charge in [0.15, 0.2) is 0 Å². The zero-order valence-corrected chi connectivity index (χ0v) is 25.1. The van der Waals surface area contributed by atoms with Crippen LogP contribution in [0.4, 0.5) is 18.9 Å². The standard InChI is InChI=1S/C31H43F3N4O4/c1-21-17-38(22(2)20-39)30(41)16-24-15-26(35-29(40)7-6-14-36(3)4)12-13-27(24)42-28(21)19-37(5)18-23-8-10-25(11-9-23)31(32,33)34/h8-13,15,21-22,28,39H,6-7,14,16-20H2,1-5H3,(H,35,40)/t21-,22+,28+/m0/s1. The molecule has 0 aromatic heterocycles. The number of alkyl halides is 3. The van der Waals surface area contributed by atoms with Crippen LogP contribution in [-0.2, 0) is 28.7 Å². The maximum atomic E-state index is 13.4. The molecular weight excluding hydrogens is 549 g/mol. The number of amides is 2. The molecule has 2 N–H and O–H groups in total. The molecule has 3 rings (SSSR count). The number of hydrogen-bond donors (Lipinski definition) is 2. The lowest BCUT2D eigenvalue weighted by Gasteiger charge is -2.34. The summed E-state index contributed by atoms with van der Waals surface area (Å²) >= 11 is 0. The van der Waals surface area contributed by atoms with Gasteiger partial charge in [0.25, 0.3) is 0 Å². The first-order valence-electron chi connectivity index (χ1n) is 14.3. The fraction of sp³-hybridized carbons (Fsp3) is 0.548. The molecule has 0 aliphatic carbocycles. The van der Waals surface area contributed by atoms with Crippen molar-refractivity contribution in [3.05, 3.63) is 59.2 Å². The van der Waals surface area contributed by atoms with Crippen molar-refractivity contribution in [1.29, 1.82) is 0 Å². The number of aliphatic hydroxyl groups excluding tert-OH is 1. The molecule has 11 heteroatoms. The van der Waals surface area contributed by atoms with Gasteiger partial charge in [-0.05, 0) is 76.9 Å². The maximum Gasteiger partial charge on any atom is 0.416 e. The van der Waals surface area contributed by atoms with Gasteiger partial charge in [-0.15, -0.1) is 0 Å². The summed E-state index contributed by atoms with van der Waals surface area (Å²) in [7, 11) is 5.78. The van der Waals surface area contributed by atoms with Crippen LogP contribution in [0.5, 0.6) is 5.75 Å². The van der Waals surface area contributed by atoms with Gasteiger partial charge in [-0.3, -0.25) is 14.5 Å². The molecular formula is C31H43F3N4O4. The normalized spacial score (nSPS) is 18.6. The number of aliphatic hydroxyl groups is 1. The van der Waals surface area contributed by atoms with Gasteiger partial charge < -0.3 is 25.0 Å². The third-order valence-corrected chi connectivity index (χ3v) is 7.43. The lowest BCUT2D eigenvalue weighted by Crippen LogP contribution is -2.47. The monoisotopic (exact) mass is 592 g/mol. The largest absolute Gasteiger partial charge is 0.488 e. The SMILES string of the molecule is C[C@H](CO)N1C[C@H](C)[C@@H](CN(C)Cc2ccc(C(F)(F)F)cc2)Oc2ccc(NC(=O)CCCN(C)C)cc2CC1=O. The summed E-state index contributed by atoms with van der Waals surface area (Å²) in [4.78, 5) is 31.6. The number of nitrogens with zero attached hydrogens (tertiary/aromatic N) is 3. The minimum absolute atomic E-state index is 0.0465. The molecule has 232 valence electrons. The van der Waals surface area contributed by atoms with Gasteiger partial charge in [-0.25, -0.2) is 0 Å². The van der Waals surface area contributed by atoms with Crippen molar-refractivity contribution in [3.8, 4) is 5.75 Å². The summed E-state index contributed by atoms with van der Waals surface area (Å²) in [6.45, 7) is 5.60. The minimum atomic E-state index is -4.39. The summed E-state index contributed by atoms with van der Waals surface area (Å²) < 4.78 is 45.4. The first-order valence-corrected chi connectivity index (χ1v) is 14.3. The zero-order valence-electron chi connectivity index (χ0n) is 25.1. The molecule has 1 aliphatic rings. The summed E-state index contributed by atoms with van der Waals surface area (Å²) in [5, 5.41) is 12.8. The molecule has 1 aliphatic heterocycles. The van der Waals surface area contributed by atoms with Crippen molar-refractivity contribution in [3.63, 3.8) is 0 Å². The first kappa shape index (κ1) is 33.4. The smallest absolute Gasteiger partial charge is 0.416 e. The second kappa shape index (κ2) is 14.8. The number of carbonyl (C=O) groups excluding carboxylic acids is 2. The summed E-state index contributed by atoms with van der Waals surface area (Å²) in [6, 6.07) is 9.99. The first-order chi connectivity index (χ1) is 19.8. The molecule has 0 fully saturated rings. The van der Waals surface area contributed by atoms with Gasteiger partial charge in [-0.2, -0.15) is 13.2 Å². The third kappa shape index (κ3) is 9.71. The van der Waals surface area contributed by atoms with Crippen LogP contribution in [0, 0.1) is 5.92 Å². The number of halogens is 3. The van der Waals surface area contributed by atoms with E-state index in [0.717, 1.165) is 30.7 Å². The number of nitrogens with one attached hydrogen (secondary N) is 1. The fourth-order valence-electron chi connectivity index (χ4n) is 4.99. The van der Waals surface area contributed by atoms with Crippen molar-refractivity contribution >= 4 is 17.5 Å². The van der Waals surface area contributed by atoms with Gasteiger partial charge >= 0.3 is 6.18 Å². The van der Waals surface area contributed by atoms with Gasteiger partial charge in [-0.1, -0.05) is 19.1 Å². The Morgan fingerprint density at radius 2 is 1.86 bits per heavy atom. The molecule has 3 atom stereocenters. The van der Waals surface area contributed by atoms with E-state index in [9.17, 15) is 27.9 Å². The summed E-state index contributed by atoms with van der Waals surface area (Å²) in [5.41, 5.74) is 1.25. The highest BCUT2D eigenvalue weighted by atomic mass is 19.4. The van der Waals surface area contributed by atoms with E-state index in [4.69, 9.17) is 4.74 Å². The van der Waals surface area contributed by atoms with E-state index in [0.29, 0.717) is 43.1 Å². The molecule has 0 saturated carbocycles. The van der Waals surface area contributed by atoms with Crippen molar-refractivity contribution in [2.75, 3.05) is 52.7 Å². The van der Waals surface area contributed by atoms with Crippen molar-refractivity contribution in [2.24, 2.45) is 5.92 Å². The van der Waals surface area contributed by atoms with E-state index < -0.39 is 17.8 Å². The molecule has 0 radical (unpaired) electrons. The summed E-state index contributed by atoms with van der Waals surface area (Å²) in [5.74, 6) is 0.146. The van der Waals surface area contributed by atoms with Crippen LogP contribution < -0.4 is 10.1 Å². The number of anilines is 1. The van der Waals surface area contributed by atoms with Crippen molar-refractivity contribution < 1.29 is 32.6 Å². The number of rotatable bonds is 11. The van der Waals surface area contributed by atoms with Crippen molar-refractivity contribution in [2.45, 2.75) is 58.0 Å². The molecule has 0 spiro atoms. The zero-order chi connectivity index (χ0) is 31.0. The lowest BCUT2D eigenvalue weighted by molar-refractivity contribution is -0.137. The minimum Gasteiger partial charge on any atom is -0.488 e. The molecule has 0 unspecified atom stereocenters. The molecule has 0 bridgehead atoms. The number of likely N-dealkylation sites (N-methyl/N-ethyl adjacent to an activating group) is 1. The van der Waals surface area contributed by atoms with Gasteiger partial charge in [0.1, 0.15) is 11.9 Å². The van der Waals surface area contributed by atoms with Gasteiger partial charge in [0, 0.05) is 43.2 Å². The van der Waals surface area contributed by atoms with Crippen LogP contribution in [0.15, 0.2) is 42.5 Å². The van der Waals surface area contributed by atoms with Crippen LogP contribution in [0.2, 0.25) is 0 Å². The van der Waals surface area contributed by atoms with Crippen LogP contribution in [-0.4, -0.2) is 91.2 Å². The van der Waals surface area contributed by atoms with E-state index in [1.54, 1.807) is 30.0 Å². The second-order valence-electron chi connectivity index (χ2n) is 11.6.